The number of benzene rings is 2. The minimum Gasteiger partial charge on any atom is -0.504 e. The van der Waals surface area contributed by atoms with Gasteiger partial charge in [0.25, 0.3) is 0 Å². The van der Waals surface area contributed by atoms with E-state index in [0.29, 0.717) is 5.75 Å². The fourth-order valence-electron chi connectivity index (χ4n) is 2.47. The third kappa shape index (κ3) is 6.15. The molecule has 0 aliphatic carbocycles. The molecule has 0 spiro atoms. The van der Waals surface area contributed by atoms with Gasteiger partial charge < -0.3 is 14.6 Å². The molecule has 24 heavy (non-hydrogen) atoms. The zero-order valence-electron chi connectivity index (χ0n) is 15.6. The summed E-state index contributed by atoms with van der Waals surface area (Å²) in [6.45, 7) is 6.38. The molecule has 0 aliphatic heterocycles. The summed E-state index contributed by atoms with van der Waals surface area (Å²) in [4.78, 5) is 0. The lowest BCUT2D eigenvalue weighted by atomic mass is 10.1. The van der Waals surface area contributed by atoms with E-state index in [0.717, 1.165) is 25.0 Å². The van der Waals surface area contributed by atoms with Gasteiger partial charge in [0.2, 0.25) is 0 Å². The number of phenolic OH excluding ortho intramolecular Hbond substituents is 1. The number of aryl methyl sites for hydroxylation is 3. The van der Waals surface area contributed by atoms with Crippen molar-refractivity contribution in [1.82, 2.24) is 0 Å². The van der Waals surface area contributed by atoms with E-state index in [1.165, 1.54) is 23.1 Å². The molecule has 3 nitrogen and oxygen atoms in total. The Balaban J connectivity index is 0.000000240. The van der Waals surface area contributed by atoms with Gasteiger partial charge in [-0.15, -0.1) is 0 Å². The van der Waals surface area contributed by atoms with Crippen LogP contribution < -0.4 is 9.47 Å². The molecule has 0 heterocycles. The van der Waals surface area contributed by atoms with Crippen molar-refractivity contribution in [3.63, 3.8) is 0 Å². The highest BCUT2D eigenvalue weighted by Gasteiger charge is 2.01. The van der Waals surface area contributed by atoms with Crippen LogP contribution in [-0.2, 0) is 12.8 Å². The maximum atomic E-state index is 9.28. The molecule has 2 rings (SSSR count). The van der Waals surface area contributed by atoms with Gasteiger partial charge in [0.05, 0.1) is 14.2 Å². The Hall–Kier alpha value is -2.16. The molecule has 0 fully saturated rings. The molecule has 0 atom stereocenters. The molecule has 0 amide bonds. The number of rotatable bonds is 6. The van der Waals surface area contributed by atoms with Crippen molar-refractivity contribution in [2.24, 2.45) is 0 Å². The number of hydrogen-bond acceptors (Lipinski definition) is 3. The van der Waals surface area contributed by atoms with Gasteiger partial charge in [0.15, 0.2) is 11.5 Å². The molecule has 0 aliphatic rings. The van der Waals surface area contributed by atoms with Crippen LogP contribution in [-0.4, -0.2) is 19.3 Å². The molecule has 0 unspecified atom stereocenters. The second kappa shape index (κ2) is 10.6. The van der Waals surface area contributed by atoms with Crippen LogP contribution in [0.25, 0.3) is 0 Å². The Morgan fingerprint density at radius 3 is 1.79 bits per heavy atom. The van der Waals surface area contributed by atoms with Crippen molar-refractivity contribution in [3.8, 4) is 17.2 Å². The minimum atomic E-state index is 0.206. The SMILES string of the molecule is CCCc1ccc(C)c(OC)c1.CCCc1ccc(O)c(OC)c1. The van der Waals surface area contributed by atoms with Gasteiger partial charge in [0.1, 0.15) is 5.75 Å². The standard InChI is InChI=1S/C11H16O.C10H14O2/c1-4-5-10-7-6-9(2)11(8-10)12-3;1-3-4-8-5-6-9(11)10(7-8)12-2/h6-8H,4-5H2,1-3H3;5-7,11H,3-4H2,1-2H3. The van der Waals surface area contributed by atoms with E-state index in [4.69, 9.17) is 9.47 Å². The zero-order chi connectivity index (χ0) is 17.9. The van der Waals surface area contributed by atoms with Crippen LogP contribution in [0.3, 0.4) is 0 Å². The topological polar surface area (TPSA) is 38.7 Å². The molecule has 0 saturated heterocycles. The molecule has 0 saturated carbocycles. The number of aromatic hydroxyl groups is 1. The summed E-state index contributed by atoms with van der Waals surface area (Å²) in [5, 5.41) is 9.28. The van der Waals surface area contributed by atoms with Crippen molar-refractivity contribution in [2.75, 3.05) is 14.2 Å². The highest BCUT2D eigenvalue weighted by molar-refractivity contribution is 5.41. The van der Waals surface area contributed by atoms with Gasteiger partial charge in [0, 0.05) is 0 Å². The lowest BCUT2D eigenvalue weighted by Crippen LogP contribution is -1.89. The summed E-state index contributed by atoms with van der Waals surface area (Å²) in [5.41, 5.74) is 3.77. The Bertz CT molecular complexity index is 565. The summed E-state index contributed by atoms with van der Waals surface area (Å²) in [6.07, 6.45) is 4.45. The first-order chi connectivity index (χ1) is 11.5. The lowest BCUT2D eigenvalue weighted by Gasteiger charge is -2.06. The van der Waals surface area contributed by atoms with Gasteiger partial charge >= 0.3 is 0 Å². The third-order valence-electron chi connectivity index (χ3n) is 3.79. The first kappa shape index (κ1) is 19.9. The summed E-state index contributed by atoms with van der Waals surface area (Å²) in [7, 11) is 3.28. The Morgan fingerprint density at radius 1 is 0.792 bits per heavy atom. The molecule has 2 aromatic carbocycles. The molecular weight excluding hydrogens is 300 g/mol. The van der Waals surface area contributed by atoms with E-state index in [2.05, 4.69) is 39.0 Å². The molecule has 2 aromatic rings. The van der Waals surface area contributed by atoms with Crippen LogP contribution in [0, 0.1) is 6.92 Å². The van der Waals surface area contributed by atoms with Crippen molar-refractivity contribution in [3.05, 3.63) is 53.1 Å². The highest BCUT2D eigenvalue weighted by atomic mass is 16.5. The fourth-order valence-corrected chi connectivity index (χ4v) is 2.47. The van der Waals surface area contributed by atoms with Crippen molar-refractivity contribution in [1.29, 1.82) is 0 Å². The normalized spacial score (nSPS) is 9.88. The second-order valence-corrected chi connectivity index (χ2v) is 5.81. The molecule has 0 bridgehead atoms. The first-order valence-electron chi connectivity index (χ1n) is 8.55. The lowest BCUT2D eigenvalue weighted by molar-refractivity contribution is 0.373. The maximum Gasteiger partial charge on any atom is 0.160 e. The Labute approximate surface area is 146 Å². The second-order valence-electron chi connectivity index (χ2n) is 5.81. The summed E-state index contributed by atoms with van der Waals surface area (Å²) in [5.74, 6) is 1.76. The molecule has 0 radical (unpaired) electrons. The summed E-state index contributed by atoms with van der Waals surface area (Å²) in [6, 6.07) is 11.9. The van der Waals surface area contributed by atoms with Crippen molar-refractivity contribution in [2.45, 2.75) is 46.5 Å². The largest absolute Gasteiger partial charge is 0.504 e. The van der Waals surface area contributed by atoms with E-state index in [1.54, 1.807) is 20.3 Å². The van der Waals surface area contributed by atoms with E-state index in [1.807, 2.05) is 12.1 Å². The van der Waals surface area contributed by atoms with Crippen LogP contribution in [0.1, 0.15) is 43.4 Å². The van der Waals surface area contributed by atoms with Crippen LogP contribution in [0.2, 0.25) is 0 Å². The van der Waals surface area contributed by atoms with Gasteiger partial charge in [-0.1, -0.05) is 44.9 Å². The molecule has 3 heteroatoms. The predicted molar refractivity (Wildman–Crippen MR) is 100 cm³/mol. The smallest absolute Gasteiger partial charge is 0.160 e. The minimum absolute atomic E-state index is 0.206. The van der Waals surface area contributed by atoms with Crippen LogP contribution in [0.5, 0.6) is 17.2 Å². The first-order valence-corrected chi connectivity index (χ1v) is 8.55. The average Bonchev–Trinajstić information content (AvgIpc) is 2.59. The number of phenols is 1. The van der Waals surface area contributed by atoms with E-state index >= 15 is 0 Å². The van der Waals surface area contributed by atoms with Crippen LogP contribution in [0.4, 0.5) is 0 Å². The number of ether oxygens (including phenoxy) is 2. The van der Waals surface area contributed by atoms with Crippen LogP contribution in [0.15, 0.2) is 36.4 Å². The van der Waals surface area contributed by atoms with Gasteiger partial charge in [-0.2, -0.15) is 0 Å². The van der Waals surface area contributed by atoms with E-state index < -0.39 is 0 Å². The summed E-state index contributed by atoms with van der Waals surface area (Å²) >= 11 is 0. The van der Waals surface area contributed by atoms with Crippen molar-refractivity contribution < 1.29 is 14.6 Å². The molecule has 0 aromatic heterocycles. The third-order valence-corrected chi connectivity index (χ3v) is 3.79. The Morgan fingerprint density at radius 2 is 1.29 bits per heavy atom. The molecular formula is C21H30O3. The van der Waals surface area contributed by atoms with Crippen molar-refractivity contribution >= 4 is 0 Å². The average molecular weight is 330 g/mol. The number of methoxy groups -OCH3 is 2. The molecule has 1 N–H and O–H groups in total. The number of hydrogen-bond donors (Lipinski definition) is 1. The van der Waals surface area contributed by atoms with Gasteiger partial charge in [-0.3, -0.25) is 0 Å². The quantitative estimate of drug-likeness (QED) is 0.780. The summed E-state index contributed by atoms with van der Waals surface area (Å²) < 4.78 is 10.2. The van der Waals surface area contributed by atoms with Crippen LogP contribution >= 0.6 is 0 Å². The molecule has 132 valence electrons. The van der Waals surface area contributed by atoms with Gasteiger partial charge in [-0.05, 0) is 54.7 Å². The zero-order valence-corrected chi connectivity index (χ0v) is 15.6. The maximum absolute atomic E-state index is 9.28. The highest BCUT2D eigenvalue weighted by Crippen LogP contribution is 2.26. The predicted octanol–water partition coefficient (Wildman–Crippen LogP) is 5.31. The fraction of sp³-hybridized carbons (Fsp3) is 0.429. The van der Waals surface area contributed by atoms with Gasteiger partial charge in [-0.25, -0.2) is 0 Å². The van der Waals surface area contributed by atoms with E-state index in [9.17, 15) is 5.11 Å². The van der Waals surface area contributed by atoms with E-state index in [-0.39, 0.29) is 5.75 Å². The Kier molecular flexibility index (Phi) is 8.77. The monoisotopic (exact) mass is 330 g/mol.